The Kier molecular flexibility index (Phi) is 6.24. The summed E-state index contributed by atoms with van der Waals surface area (Å²) in [6, 6.07) is 9.75. The number of ether oxygens (including phenoxy) is 1. The first-order valence-corrected chi connectivity index (χ1v) is 11.6. The average molecular weight is 451 g/mol. The number of nitrogens with zero attached hydrogens (tertiary/aromatic N) is 4. The van der Waals surface area contributed by atoms with Crippen molar-refractivity contribution in [2.24, 2.45) is 0 Å². The van der Waals surface area contributed by atoms with E-state index in [1.807, 2.05) is 0 Å². The van der Waals surface area contributed by atoms with E-state index in [0.29, 0.717) is 63.1 Å². The molecule has 0 bridgehead atoms. The van der Waals surface area contributed by atoms with Crippen molar-refractivity contribution in [3.8, 4) is 0 Å². The molecule has 2 aliphatic rings. The Morgan fingerprint density at radius 2 is 1.63 bits per heavy atom. The Morgan fingerprint density at radius 3 is 2.27 bits per heavy atom. The first kappa shape index (κ1) is 21.0. The lowest BCUT2D eigenvalue weighted by molar-refractivity contribution is 0.0730. The zero-order valence-corrected chi connectivity index (χ0v) is 18.0. The van der Waals surface area contributed by atoms with Gasteiger partial charge in [0.25, 0.3) is 5.91 Å². The highest BCUT2D eigenvalue weighted by Crippen LogP contribution is 2.24. The number of hydrogen-bond donors (Lipinski definition) is 0. The molecular weight excluding hydrogens is 428 g/mol. The number of pyridine rings is 1. The van der Waals surface area contributed by atoms with Crippen molar-refractivity contribution in [3.63, 3.8) is 0 Å². The largest absolute Gasteiger partial charge is 0.379 e. The first-order valence-electron chi connectivity index (χ1n) is 9.79. The highest BCUT2D eigenvalue weighted by molar-refractivity contribution is 7.89. The lowest BCUT2D eigenvalue weighted by Crippen LogP contribution is -2.49. The van der Waals surface area contributed by atoms with E-state index in [4.69, 9.17) is 16.3 Å². The van der Waals surface area contributed by atoms with Gasteiger partial charge in [-0.25, -0.2) is 13.4 Å². The molecule has 3 heterocycles. The average Bonchev–Trinajstić information content (AvgIpc) is 2.80. The van der Waals surface area contributed by atoms with Gasteiger partial charge >= 0.3 is 0 Å². The summed E-state index contributed by atoms with van der Waals surface area (Å²) in [4.78, 5) is 21.2. The SMILES string of the molecule is O=C(c1ccc(S(=O)(=O)N2CCOCC2)cc1)N1CCN(c2ncccc2Cl)CC1. The second-order valence-corrected chi connectivity index (χ2v) is 9.47. The van der Waals surface area contributed by atoms with Crippen LogP contribution in [0, 0.1) is 0 Å². The van der Waals surface area contributed by atoms with Crippen LogP contribution in [0.25, 0.3) is 0 Å². The van der Waals surface area contributed by atoms with Gasteiger partial charge in [0, 0.05) is 51.0 Å². The van der Waals surface area contributed by atoms with Gasteiger partial charge in [-0.15, -0.1) is 0 Å². The molecule has 0 atom stereocenters. The minimum atomic E-state index is -3.57. The van der Waals surface area contributed by atoms with Crippen LogP contribution in [0.3, 0.4) is 0 Å². The number of rotatable bonds is 4. The molecule has 0 unspecified atom stereocenters. The number of halogens is 1. The van der Waals surface area contributed by atoms with Crippen LogP contribution in [0.5, 0.6) is 0 Å². The molecule has 30 heavy (non-hydrogen) atoms. The van der Waals surface area contributed by atoms with Crippen LogP contribution in [-0.2, 0) is 14.8 Å². The molecule has 1 amide bonds. The summed E-state index contributed by atoms with van der Waals surface area (Å²) in [5, 5.41) is 0.592. The molecule has 160 valence electrons. The third-order valence-electron chi connectivity index (χ3n) is 5.31. The Balaban J connectivity index is 1.40. The highest BCUT2D eigenvalue weighted by Gasteiger charge is 2.27. The van der Waals surface area contributed by atoms with Crippen molar-refractivity contribution < 1.29 is 17.9 Å². The van der Waals surface area contributed by atoms with Crippen LogP contribution in [0.1, 0.15) is 10.4 Å². The standard InChI is InChI=1S/C20H23ClN4O4S/c21-18-2-1-7-22-19(18)23-8-10-24(11-9-23)20(26)16-3-5-17(6-4-16)30(27,28)25-12-14-29-15-13-25/h1-7H,8-15H2. The number of benzene rings is 1. The molecule has 2 fully saturated rings. The van der Waals surface area contributed by atoms with Crippen LogP contribution in [0.2, 0.25) is 5.02 Å². The monoisotopic (exact) mass is 450 g/mol. The van der Waals surface area contributed by atoms with E-state index in [0.717, 1.165) is 5.82 Å². The summed E-state index contributed by atoms with van der Waals surface area (Å²) < 4.78 is 32.1. The Bertz CT molecular complexity index is 1000. The summed E-state index contributed by atoms with van der Waals surface area (Å²) in [5.74, 6) is 0.612. The fourth-order valence-corrected chi connectivity index (χ4v) is 5.27. The molecule has 0 aliphatic carbocycles. The van der Waals surface area contributed by atoms with E-state index < -0.39 is 10.0 Å². The van der Waals surface area contributed by atoms with Gasteiger partial charge in [-0.05, 0) is 36.4 Å². The molecule has 1 aromatic carbocycles. The summed E-state index contributed by atoms with van der Waals surface area (Å²) in [5.41, 5.74) is 0.472. The van der Waals surface area contributed by atoms with Crippen molar-refractivity contribution in [2.75, 3.05) is 57.4 Å². The molecule has 2 aliphatic heterocycles. The van der Waals surface area contributed by atoms with Gasteiger partial charge in [-0.2, -0.15) is 4.31 Å². The van der Waals surface area contributed by atoms with Crippen molar-refractivity contribution in [1.29, 1.82) is 0 Å². The number of hydrogen-bond acceptors (Lipinski definition) is 6. The maximum Gasteiger partial charge on any atom is 0.253 e. The third kappa shape index (κ3) is 4.29. The van der Waals surface area contributed by atoms with Crippen molar-refractivity contribution in [1.82, 2.24) is 14.2 Å². The van der Waals surface area contributed by atoms with Crippen molar-refractivity contribution in [3.05, 3.63) is 53.2 Å². The van der Waals surface area contributed by atoms with Gasteiger partial charge in [-0.1, -0.05) is 11.6 Å². The second-order valence-electron chi connectivity index (χ2n) is 7.13. The number of carbonyl (C=O) groups excluding carboxylic acids is 1. The van der Waals surface area contributed by atoms with Gasteiger partial charge in [0.2, 0.25) is 10.0 Å². The lowest BCUT2D eigenvalue weighted by atomic mass is 10.2. The topological polar surface area (TPSA) is 83.0 Å². The fraction of sp³-hybridized carbons (Fsp3) is 0.400. The number of morpholine rings is 1. The van der Waals surface area contributed by atoms with Crippen LogP contribution >= 0.6 is 11.6 Å². The minimum Gasteiger partial charge on any atom is -0.379 e. The number of piperazine rings is 1. The molecule has 2 aromatic rings. The van der Waals surface area contributed by atoms with E-state index in [-0.39, 0.29) is 10.8 Å². The van der Waals surface area contributed by atoms with Gasteiger partial charge in [0.05, 0.1) is 23.1 Å². The number of carbonyl (C=O) groups is 1. The first-order chi connectivity index (χ1) is 14.5. The lowest BCUT2D eigenvalue weighted by Gasteiger charge is -2.35. The molecule has 2 saturated heterocycles. The van der Waals surface area contributed by atoms with E-state index in [1.165, 1.54) is 16.4 Å². The number of aromatic nitrogens is 1. The number of sulfonamides is 1. The predicted octanol–water partition coefficient (Wildman–Crippen LogP) is 1.72. The van der Waals surface area contributed by atoms with Gasteiger partial charge in [0.15, 0.2) is 0 Å². The van der Waals surface area contributed by atoms with Crippen LogP contribution in [0.15, 0.2) is 47.5 Å². The molecule has 10 heteroatoms. The molecule has 4 rings (SSSR count). The minimum absolute atomic E-state index is 0.114. The maximum atomic E-state index is 12.9. The van der Waals surface area contributed by atoms with E-state index in [1.54, 1.807) is 35.4 Å². The molecule has 1 aromatic heterocycles. The van der Waals surface area contributed by atoms with E-state index in [2.05, 4.69) is 9.88 Å². The maximum absolute atomic E-state index is 12.9. The zero-order chi connectivity index (χ0) is 21.1. The summed E-state index contributed by atoms with van der Waals surface area (Å²) >= 11 is 6.22. The highest BCUT2D eigenvalue weighted by atomic mass is 35.5. The predicted molar refractivity (Wildman–Crippen MR) is 113 cm³/mol. The molecular formula is C20H23ClN4O4S. The van der Waals surface area contributed by atoms with Crippen LogP contribution in [-0.4, -0.2) is 81.0 Å². The van der Waals surface area contributed by atoms with E-state index in [9.17, 15) is 13.2 Å². The van der Waals surface area contributed by atoms with E-state index >= 15 is 0 Å². The summed E-state index contributed by atoms with van der Waals surface area (Å²) in [6.07, 6.45) is 1.70. The molecule has 0 spiro atoms. The Morgan fingerprint density at radius 1 is 0.967 bits per heavy atom. The van der Waals surface area contributed by atoms with Crippen molar-refractivity contribution in [2.45, 2.75) is 4.90 Å². The third-order valence-corrected chi connectivity index (χ3v) is 7.52. The number of amides is 1. The molecule has 0 saturated carbocycles. The second kappa shape index (κ2) is 8.89. The fourth-order valence-electron chi connectivity index (χ4n) is 3.62. The normalized spacial score (nSPS) is 18.4. The number of anilines is 1. The van der Waals surface area contributed by atoms with Crippen molar-refractivity contribution >= 4 is 33.3 Å². The van der Waals surface area contributed by atoms with Gasteiger partial charge in [0.1, 0.15) is 5.82 Å². The van der Waals surface area contributed by atoms with Gasteiger partial charge < -0.3 is 14.5 Å². The molecule has 0 N–H and O–H groups in total. The Hall–Kier alpha value is -2.20. The van der Waals surface area contributed by atoms with Crippen LogP contribution < -0.4 is 4.90 Å². The molecule has 8 nitrogen and oxygen atoms in total. The van der Waals surface area contributed by atoms with Gasteiger partial charge in [-0.3, -0.25) is 4.79 Å². The summed E-state index contributed by atoms with van der Waals surface area (Å²) in [7, 11) is -3.57. The zero-order valence-electron chi connectivity index (χ0n) is 16.4. The summed E-state index contributed by atoms with van der Waals surface area (Å²) in [6.45, 7) is 3.81. The quantitative estimate of drug-likeness (QED) is 0.705. The Labute approximate surface area is 181 Å². The molecule has 0 radical (unpaired) electrons. The van der Waals surface area contributed by atoms with Crippen LogP contribution in [0.4, 0.5) is 5.82 Å². The smallest absolute Gasteiger partial charge is 0.253 e.